The van der Waals surface area contributed by atoms with Gasteiger partial charge >= 0.3 is 21.1 Å². The van der Waals surface area contributed by atoms with Gasteiger partial charge in [-0.15, -0.1) is 35.7 Å². The Kier molecular flexibility index (Phi) is 10.2. The number of pyridine rings is 1. The SMILES string of the molecule is CCCCCc1cc(Oc2[c-]c3c(cc2)c2cc(-c4ccccc4)ccc2n3-c2cc(C)ccn2)[c-]c(-n2nc(C)c(-c3ccccc3)c2C)c1.[Pt+2]. The van der Waals surface area contributed by atoms with E-state index in [0.717, 1.165) is 74.2 Å². The van der Waals surface area contributed by atoms with Gasteiger partial charge in [-0.05, 0) is 72.3 Å². The molecule has 0 bridgehead atoms. The fourth-order valence-electron chi connectivity index (χ4n) is 7.17. The molecule has 8 rings (SSSR count). The number of aryl methyl sites for hydroxylation is 3. The molecule has 6 heteroatoms. The fraction of sp³-hybridized carbons (Fsp3) is 0.174. The summed E-state index contributed by atoms with van der Waals surface area (Å²) in [6, 6.07) is 47.4. The molecule has 3 aromatic heterocycles. The van der Waals surface area contributed by atoms with Gasteiger partial charge in [0.05, 0.1) is 5.69 Å². The van der Waals surface area contributed by atoms with Crippen LogP contribution in [-0.2, 0) is 27.5 Å². The number of hydrogen-bond donors (Lipinski definition) is 0. The van der Waals surface area contributed by atoms with Crippen molar-refractivity contribution in [3.8, 4) is 45.3 Å². The second-order valence-electron chi connectivity index (χ2n) is 13.3. The molecule has 0 aliphatic carbocycles. The molecule has 0 N–H and O–H groups in total. The van der Waals surface area contributed by atoms with Gasteiger partial charge in [0.25, 0.3) is 0 Å². The minimum Gasteiger partial charge on any atom is -0.509 e. The Hall–Kier alpha value is -5.25. The van der Waals surface area contributed by atoms with Gasteiger partial charge in [0.2, 0.25) is 0 Å². The van der Waals surface area contributed by atoms with Crippen LogP contribution >= 0.6 is 0 Å². The largest absolute Gasteiger partial charge is 2.00 e. The van der Waals surface area contributed by atoms with Crippen LogP contribution in [0.5, 0.6) is 11.5 Å². The maximum Gasteiger partial charge on any atom is 2.00 e. The predicted molar refractivity (Wildman–Crippen MR) is 208 cm³/mol. The molecule has 5 nitrogen and oxygen atoms in total. The first kappa shape index (κ1) is 35.2. The summed E-state index contributed by atoms with van der Waals surface area (Å²) >= 11 is 0. The second kappa shape index (κ2) is 15.2. The molecule has 52 heavy (non-hydrogen) atoms. The van der Waals surface area contributed by atoms with Gasteiger partial charge in [-0.1, -0.05) is 111 Å². The van der Waals surface area contributed by atoms with Crippen LogP contribution in [0.2, 0.25) is 0 Å². The van der Waals surface area contributed by atoms with Crippen LogP contribution in [0.25, 0.3) is 55.6 Å². The molecule has 3 heterocycles. The van der Waals surface area contributed by atoms with Gasteiger partial charge in [-0.25, -0.2) is 4.98 Å². The molecular weight excluding hydrogens is 820 g/mol. The van der Waals surface area contributed by atoms with E-state index in [1.165, 1.54) is 29.5 Å². The summed E-state index contributed by atoms with van der Waals surface area (Å²) in [5.74, 6) is 2.11. The van der Waals surface area contributed by atoms with Gasteiger partial charge in [0.15, 0.2) is 0 Å². The average molecular weight is 860 g/mol. The average Bonchev–Trinajstić information content (AvgIpc) is 3.64. The molecule has 0 atom stereocenters. The molecule has 8 aromatic rings. The number of unbranched alkanes of at least 4 members (excludes halogenated alkanes) is 2. The van der Waals surface area contributed by atoms with Gasteiger partial charge in [-0.2, -0.15) is 16.7 Å². The van der Waals surface area contributed by atoms with Crippen molar-refractivity contribution in [3.05, 3.63) is 156 Å². The molecule has 0 fully saturated rings. The van der Waals surface area contributed by atoms with Crippen molar-refractivity contribution in [1.82, 2.24) is 19.3 Å². The van der Waals surface area contributed by atoms with Crippen LogP contribution in [0.15, 0.2) is 121 Å². The third kappa shape index (κ3) is 6.86. The zero-order valence-electron chi connectivity index (χ0n) is 29.9. The molecule has 0 aliphatic rings. The number of nitrogens with zero attached hydrogens (tertiary/aromatic N) is 4. The maximum absolute atomic E-state index is 6.67. The Labute approximate surface area is 320 Å². The second-order valence-corrected chi connectivity index (χ2v) is 13.3. The minimum absolute atomic E-state index is 0. The van der Waals surface area contributed by atoms with E-state index in [1.54, 1.807) is 0 Å². The molecule has 0 spiro atoms. The molecule has 0 saturated carbocycles. The summed E-state index contributed by atoms with van der Waals surface area (Å²) in [6.07, 6.45) is 6.27. The van der Waals surface area contributed by atoms with Crippen molar-refractivity contribution >= 4 is 21.8 Å². The van der Waals surface area contributed by atoms with E-state index < -0.39 is 0 Å². The summed E-state index contributed by atoms with van der Waals surface area (Å²) in [5, 5.41) is 7.23. The first-order chi connectivity index (χ1) is 25.0. The smallest absolute Gasteiger partial charge is 0.509 e. The van der Waals surface area contributed by atoms with E-state index in [9.17, 15) is 0 Å². The molecule has 5 aromatic carbocycles. The van der Waals surface area contributed by atoms with E-state index in [4.69, 9.17) is 14.8 Å². The van der Waals surface area contributed by atoms with Gasteiger partial charge in [0, 0.05) is 34.5 Å². The number of hydrogen-bond acceptors (Lipinski definition) is 3. The maximum atomic E-state index is 6.67. The first-order valence-corrected chi connectivity index (χ1v) is 17.8. The van der Waals surface area contributed by atoms with Crippen molar-refractivity contribution in [1.29, 1.82) is 0 Å². The normalized spacial score (nSPS) is 11.2. The Balaban J connectivity index is 0.00000420. The van der Waals surface area contributed by atoms with Gasteiger partial charge < -0.3 is 9.30 Å². The summed E-state index contributed by atoms with van der Waals surface area (Å²) in [4.78, 5) is 4.79. The van der Waals surface area contributed by atoms with E-state index in [2.05, 4.69) is 135 Å². The van der Waals surface area contributed by atoms with E-state index in [1.807, 2.05) is 35.1 Å². The Bertz CT molecular complexity index is 2500. The molecule has 260 valence electrons. The van der Waals surface area contributed by atoms with Crippen molar-refractivity contribution < 1.29 is 25.8 Å². The molecule has 0 saturated heterocycles. The zero-order valence-corrected chi connectivity index (χ0v) is 32.2. The van der Waals surface area contributed by atoms with Crippen molar-refractivity contribution in [2.24, 2.45) is 0 Å². The van der Waals surface area contributed by atoms with Gasteiger partial charge in [-0.3, -0.25) is 4.68 Å². The van der Waals surface area contributed by atoms with Crippen LogP contribution in [0, 0.1) is 32.9 Å². The Morgan fingerprint density at radius 2 is 1.46 bits per heavy atom. The third-order valence-electron chi connectivity index (χ3n) is 9.65. The molecule has 0 aliphatic heterocycles. The summed E-state index contributed by atoms with van der Waals surface area (Å²) in [7, 11) is 0. The van der Waals surface area contributed by atoms with Crippen molar-refractivity contribution in [3.63, 3.8) is 0 Å². The summed E-state index contributed by atoms with van der Waals surface area (Å²) in [5.41, 5.74) is 11.9. The zero-order chi connectivity index (χ0) is 34.9. The van der Waals surface area contributed by atoms with E-state index in [-0.39, 0.29) is 21.1 Å². The third-order valence-corrected chi connectivity index (χ3v) is 9.65. The number of rotatable bonds is 10. The van der Waals surface area contributed by atoms with E-state index >= 15 is 0 Å². The standard InChI is InChI=1S/C46H40N4O.Pt/c1-5-6-9-14-34-26-38(50-33(4)46(32(3)48-50)36-17-12-8-13-18-36)29-40(27-34)51-39-20-21-41-42-28-37(35-15-10-7-11-16-35)19-22-43(42)49(44(41)30-39)45-25-31(2)23-24-47-45;/h7-8,10-13,15-28H,5-6,9,14H2,1-4H3;/q-2;+2. The predicted octanol–water partition coefficient (Wildman–Crippen LogP) is 11.7. The number of benzene rings is 5. The van der Waals surface area contributed by atoms with E-state index in [0.29, 0.717) is 11.5 Å². The van der Waals surface area contributed by atoms with Crippen LogP contribution in [0.4, 0.5) is 0 Å². The van der Waals surface area contributed by atoms with Crippen molar-refractivity contribution in [2.75, 3.05) is 0 Å². The summed E-state index contributed by atoms with van der Waals surface area (Å²) < 4.78 is 10.9. The Morgan fingerprint density at radius 1 is 0.692 bits per heavy atom. The monoisotopic (exact) mass is 859 g/mol. The number of fused-ring (bicyclic) bond motifs is 3. The van der Waals surface area contributed by atoms with Crippen LogP contribution in [0.3, 0.4) is 0 Å². The summed E-state index contributed by atoms with van der Waals surface area (Å²) in [6.45, 7) is 8.53. The van der Waals surface area contributed by atoms with Crippen LogP contribution < -0.4 is 4.74 Å². The number of ether oxygens (including phenoxy) is 1. The Morgan fingerprint density at radius 3 is 2.21 bits per heavy atom. The quantitative estimate of drug-likeness (QED) is 0.102. The molecule has 0 amide bonds. The van der Waals surface area contributed by atoms with Crippen molar-refractivity contribution in [2.45, 2.75) is 53.4 Å². The molecule has 0 unspecified atom stereocenters. The topological polar surface area (TPSA) is 44.9 Å². The molecular formula is C46H40N4OPt. The first-order valence-electron chi connectivity index (χ1n) is 17.8. The van der Waals surface area contributed by atoms with Crippen LogP contribution in [-0.4, -0.2) is 19.3 Å². The fourth-order valence-corrected chi connectivity index (χ4v) is 7.17. The number of aromatic nitrogens is 4. The minimum atomic E-state index is 0. The van der Waals surface area contributed by atoms with Gasteiger partial charge in [0.1, 0.15) is 5.82 Å². The van der Waals surface area contributed by atoms with Crippen LogP contribution in [0.1, 0.15) is 48.7 Å². The molecule has 0 radical (unpaired) electrons.